The molecular formula is C40H25NO. The minimum atomic E-state index is 0.913. The van der Waals surface area contributed by atoms with Crippen LogP contribution in [0.25, 0.3) is 82.5 Å². The molecule has 2 aromatic heterocycles. The average molecular weight is 536 g/mol. The number of furan rings is 1. The van der Waals surface area contributed by atoms with Gasteiger partial charge in [0.15, 0.2) is 5.58 Å². The molecule has 0 spiro atoms. The molecule has 0 aliphatic heterocycles. The van der Waals surface area contributed by atoms with E-state index in [4.69, 9.17) is 4.42 Å². The second kappa shape index (κ2) is 8.95. The van der Waals surface area contributed by atoms with Crippen LogP contribution in [0.3, 0.4) is 0 Å². The Bertz CT molecular complexity index is 2390. The van der Waals surface area contributed by atoms with Crippen LogP contribution in [0.5, 0.6) is 0 Å². The summed E-state index contributed by atoms with van der Waals surface area (Å²) in [5.74, 6) is 0. The largest absolute Gasteiger partial charge is 0.454 e. The molecule has 0 amide bonds. The Hall–Kier alpha value is -5.60. The van der Waals surface area contributed by atoms with Gasteiger partial charge in [-0.2, -0.15) is 0 Å². The molecular weight excluding hydrogens is 510 g/mol. The number of fused-ring (bicyclic) bond motifs is 8. The third-order valence-corrected chi connectivity index (χ3v) is 8.53. The fourth-order valence-corrected chi connectivity index (χ4v) is 6.57. The lowest BCUT2D eigenvalue weighted by Crippen LogP contribution is -1.96. The second-order valence-corrected chi connectivity index (χ2v) is 11.0. The van der Waals surface area contributed by atoms with Crippen LogP contribution in [-0.2, 0) is 0 Å². The molecule has 0 fully saturated rings. The van der Waals surface area contributed by atoms with Crippen molar-refractivity contribution in [1.29, 1.82) is 0 Å². The van der Waals surface area contributed by atoms with E-state index in [0.717, 1.165) is 38.7 Å². The molecule has 9 aromatic rings. The summed E-state index contributed by atoms with van der Waals surface area (Å²) in [5.41, 5.74) is 9.95. The Balaban J connectivity index is 1.42. The van der Waals surface area contributed by atoms with Gasteiger partial charge in [-0.25, -0.2) is 0 Å². The topological polar surface area (TPSA) is 18.1 Å². The molecule has 2 heteroatoms. The highest BCUT2D eigenvalue weighted by Gasteiger charge is 2.20. The van der Waals surface area contributed by atoms with E-state index in [1.165, 1.54) is 43.8 Å². The Morgan fingerprint density at radius 1 is 0.405 bits per heavy atom. The van der Waals surface area contributed by atoms with E-state index >= 15 is 0 Å². The fourth-order valence-electron chi connectivity index (χ4n) is 6.57. The van der Waals surface area contributed by atoms with E-state index in [1.807, 2.05) is 0 Å². The van der Waals surface area contributed by atoms with Gasteiger partial charge in [0.1, 0.15) is 5.58 Å². The van der Waals surface area contributed by atoms with E-state index in [2.05, 4.69) is 156 Å². The van der Waals surface area contributed by atoms with Crippen molar-refractivity contribution in [2.75, 3.05) is 0 Å². The minimum Gasteiger partial charge on any atom is -0.454 e. The first-order chi connectivity index (χ1) is 20.8. The normalized spacial score (nSPS) is 11.8. The molecule has 2 heterocycles. The standard InChI is InChI=1S/C40H25NO/c1-3-11-26(12-4-1)30-21-31(27-13-5-2-6-14-27)23-32(22-30)41-37-18-10-9-17-33(37)34-19-20-35-36-24-28-15-7-8-16-29(28)25-38(36)42-40(35)39(34)41/h1-25H. The number of para-hydroxylation sites is 1. The summed E-state index contributed by atoms with van der Waals surface area (Å²) >= 11 is 0. The summed E-state index contributed by atoms with van der Waals surface area (Å²) in [5, 5.41) is 7.08. The molecule has 0 unspecified atom stereocenters. The molecule has 0 saturated carbocycles. The van der Waals surface area contributed by atoms with Crippen molar-refractivity contribution in [3.63, 3.8) is 0 Å². The molecule has 0 bridgehead atoms. The maximum Gasteiger partial charge on any atom is 0.160 e. The van der Waals surface area contributed by atoms with E-state index in [0.29, 0.717) is 0 Å². The van der Waals surface area contributed by atoms with Gasteiger partial charge in [0.2, 0.25) is 0 Å². The van der Waals surface area contributed by atoms with Gasteiger partial charge in [0.05, 0.1) is 11.0 Å². The predicted octanol–water partition coefficient (Wildman–Crippen LogP) is 11.2. The summed E-state index contributed by atoms with van der Waals surface area (Å²) in [4.78, 5) is 0. The summed E-state index contributed by atoms with van der Waals surface area (Å²) in [6.45, 7) is 0. The number of nitrogens with zero attached hydrogens (tertiary/aromatic N) is 1. The average Bonchev–Trinajstić information content (AvgIpc) is 3.59. The smallest absolute Gasteiger partial charge is 0.160 e. The van der Waals surface area contributed by atoms with Crippen molar-refractivity contribution < 1.29 is 4.42 Å². The Kier molecular flexibility index (Phi) is 4.93. The van der Waals surface area contributed by atoms with Crippen LogP contribution in [0.1, 0.15) is 0 Å². The van der Waals surface area contributed by atoms with Gasteiger partial charge in [-0.05, 0) is 75.5 Å². The Morgan fingerprint density at radius 3 is 1.71 bits per heavy atom. The molecule has 7 aromatic carbocycles. The summed E-state index contributed by atoms with van der Waals surface area (Å²) in [6.07, 6.45) is 0. The zero-order valence-corrected chi connectivity index (χ0v) is 22.8. The van der Waals surface area contributed by atoms with Gasteiger partial charge in [-0.1, -0.05) is 109 Å². The van der Waals surface area contributed by atoms with E-state index in [1.54, 1.807) is 0 Å². The van der Waals surface area contributed by atoms with Crippen molar-refractivity contribution in [3.8, 4) is 27.9 Å². The summed E-state index contributed by atoms with van der Waals surface area (Å²) in [7, 11) is 0. The first-order valence-corrected chi connectivity index (χ1v) is 14.4. The molecule has 196 valence electrons. The maximum atomic E-state index is 6.77. The van der Waals surface area contributed by atoms with E-state index < -0.39 is 0 Å². The van der Waals surface area contributed by atoms with Crippen LogP contribution in [-0.4, -0.2) is 4.57 Å². The lowest BCUT2D eigenvalue weighted by Gasteiger charge is -2.14. The Morgan fingerprint density at radius 2 is 1.00 bits per heavy atom. The third-order valence-electron chi connectivity index (χ3n) is 8.53. The van der Waals surface area contributed by atoms with Gasteiger partial charge in [0, 0.05) is 27.2 Å². The molecule has 9 rings (SSSR count). The van der Waals surface area contributed by atoms with Crippen LogP contribution < -0.4 is 0 Å². The van der Waals surface area contributed by atoms with Crippen LogP contribution in [0.2, 0.25) is 0 Å². The molecule has 0 aliphatic rings. The van der Waals surface area contributed by atoms with Gasteiger partial charge in [-0.3, -0.25) is 0 Å². The SMILES string of the molecule is c1ccc(-c2cc(-c3ccccc3)cc(-n3c4ccccc4c4ccc5c6cc7ccccc7cc6oc5c43)c2)cc1. The fraction of sp³-hybridized carbons (Fsp3) is 0. The molecule has 0 aliphatic carbocycles. The van der Waals surface area contributed by atoms with Crippen molar-refractivity contribution in [3.05, 3.63) is 152 Å². The van der Waals surface area contributed by atoms with Crippen molar-refractivity contribution >= 4 is 54.5 Å². The molecule has 42 heavy (non-hydrogen) atoms. The lowest BCUT2D eigenvalue weighted by atomic mass is 9.98. The van der Waals surface area contributed by atoms with Gasteiger partial charge < -0.3 is 8.98 Å². The maximum absolute atomic E-state index is 6.77. The summed E-state index contributed by atoms with van der Waals surface area (Å²) < 4.78 is 9.17. The highest BCUT2D eigenvalue weighted by Crippen LogP contribution is 2.42. The van der Waals surface area contributed by atoms with E-state index in [9.17, 15) is 0 Å². The molecule has 0 radical (unpaired) electrons. The van der Waals surface area contributed by atoms with Gasteiger partial charge >= 0.3 is 0 Å². The Labute approximate surface area is 242 Å². The van der Waals surface area contributed by atoms with Crippen molar-refractivity contribution in [1.82, 2.24) is 4.57 Å². The van der Waals surface area contributed by atoms with Crippen molar-refractivity contribution in [2.24, 2.45) is 0 Å². The lowest BCUT2D eigenvalue weighted by molar-refractivity contribution is 0.671. The number of aromatic nitrogens is 1. The van der Waals surface area contributed by atoms with Crippen LogP contribution in [0.15, 0.2) is 156 Å². The van der Waals surface area contributed by atoms with Crippen LogP contribution in [0, 0.1) is 0 Å². The third kappa shape index (κ3) is 3.45. The highest BCUT2D eigenvalue weighted by atomic mass is 16.3. The zero-order valence-electron chi connectivity index (χ0n) is 22.8. The first kappa shape index (κ1) is 23.1. The number of hydrogen-bond acceptors (Lipinski definition) is 1. The quantitative estimate of drug-likeness (QED) is 0.220. The monoisotopic (exact) mass is 535 g/mol. The predicted molar refractivity (Wildman–Crippen MR) is 176 cm³/mol. The second-order valence-electron chi connectivity index (χ2n) is 11.0. The highest BCUT2D eigenvalue weighted by molar-refractivity contribution is 6.22. The van der Waals surface area contributed by atoms with Crippen LogP contribution in [0.4, 0.5) is 0 Å². The molecule has 0 N–H and O–H groups in total. The minimum absolute atomic E-state index is 0.913. The number of hydrogen-bond donors (Lipinski definition) is 0. The molecule has 0 saturated heterocycles. The molecule has 2 nitrogen and oxygen atoms in total. The number of rotatable bonds is 3. The molecule has 0 atom stereocenters. The number of benzene rings is 7. The summed E-state index contributed by atoms with van der Waals surface area (Å²) in [6, 6.07) is 54.3. The van der Waals surface area contributed by atoms with E-state index in [-0.39, 0.29) is 0 Å². The van der Waals surface area contributed by atoms with Gasteiger partial charge in [-0.15, -0.1) is 0 Å². The van der Waals surface area contributed by atoms with Gasteiger partial charge in [0.25, 0.3) is 0 Å². The van der Waals surface area contributed by atoms with Crippen molar-refractivity contribution in [2.45, 2.75) is 0 Å². The van der Waals surface area contributed by atoms with Crippen LogP contribution >= 0.6 is 0 Å². The first-order valence-electron chi connectivity index (χ1n) is 14.4. The zero-order chi connectivity index (χ0) is 27.6.